The minimum Gasteiger partial charge on any atom is -0.345 e. The Balaban J connectivity index is 1.67. The summed E-state index contributed by atoms with van der Waals surface area (Å²) in [5, 5.41) is 9.86. The van der Waals surface area contributed by atoms with Crippen LogP contribution in [0.4, 0.5) is 13.2 Å². The number of carbonyl (C=O) groups excluding carboxylic acids is 1. The molecule has 0 aromatic carbocycles. The molecule has 1 amide bonds. The quantitative estimate of drug-likeness (QED) is 0.772. The topological polar surface area (TPSA) is 74.8 Å². The van der Waals surface area contributed by atoms with Gasteiger partial charge in [-0.15, -0.1) is 10.2 Å². The highest BCUT2D eigenvalue weighted by Gasteiger charge is 2.36. The third kappa shape index (κ3) is 2.90. The largest absolute Gasteiger partial charge is 0.397 e. The van der Waals surface area contributed by atoms with E-state index in [-0.39, 0.29) is 12.5 Å². The van der Waals surface area contributed by atoms with Crippen molar-refractivity contribution >= 4 is 28.0 Å². The number of H-pyrrole nitrogens is 1. The highest BCUT2D eigenvalue weighted by molar-refractivity contribution is 6.03. The Bertz CT molecular complexity index is 952. The molecule has 1 aliphatic rings. The van der Waals surface area contributed by atoms with Crippen LogP contribution in [-0.2, 0) is 4.79 Å². The average Bonchev–Trinajstić information content (AvgIpc) is 3.22. The van der Waals surface area contributed by atoms with Crippen molar-refractivity contribution in [2.45, 2.75) is 24.9 Å². The lowest BCUT2D eigenvalue weighted by Gasteiger charge is -2.18. The summed E-state index contributed by atoms with van der Waals surface area (Å²) in [6.07, 6.45) is -1.92. The Kier molecular flexibility index (Phi) is 3.59. The number of rotatable bonds is 2. The van der Waals surface area contributed by atoms with Gasteiger partial charge < -0.3 is 9.88 Å². The summed E-state index contributed by atoms with van der Waals surface area (Å²) in [6, 6.07) is 3.72. The maximum atomic E-state index is 12.5. The molecule has 1 fully saturated rings. The van der Waals surface area contributed by atoms with Crippen molar-refractivity contribution in [2.75, 3.05) is 13.1 Å². The molecule has 0 radical (unpaired) electrons. The number of alkyl halides is 3. The maximum absolute atomic E-state index is 12.5. The lowest BCUT2D eigenvalue weighted by Crippen LogP contribution is -2.32. The van der Waals surface area contributed by atoms with Gasteiger partial charge in [0.15, 0.2) is 11.3 Å². The number of nitrogens with one attached hydrogen (secondary N) is 1. The summed E-state index contributed by atoms with van der Waals surface area (Å²) in [4.78, 5) is 20.3. The van der Waals surface area contributed by atoms with E-state index in [1.807, 2.05) is 12.1 Å². The van der Waals surface area contributed by atoms with Gasteiger partial charge in [-0.05, 0) is 24.1 Å². The molecule has 1 N–H and O–H groups in total. The minimum atomic E-state index is -4.48. The normalized spacial score (nSPS) is 18.4. The molecule has 130 valence electrons. The number of hydrogen-bond acceptors (Lipinski definition) is 4. The van der Waals surface area contributed by atoms with Gasteiger partial charge >= 0.3 is 6.18 Å². The standard InChI is InChI=1S/C16H14F3N5O/c17-16(18,19)7-12(25)24-6-3-9(8-24)10-1-4-21-15-13(10)11-2-5-20-14(11)22-23-15/h1-2,4-5,9H,3,6-8H2,(H,20,22). The number of fused-ring (bicyclic) bond motifs is 3. The third-order valence-corrected chi connectivity index (χ3v) is 4.53. The molecule has 25 heavy (non-hydrogen) atoms. The summed E-state index contributed by atoms with van der Waals surface area (Å²) < 4.78 is 37.4. The molecule has 1 unspecified atom stereocenters. The van der Waals surface area contributed by atoms with Gasteiger partial charge in [-0.2, -0.15) is 13.2 Å². The van der Waals surface area contributed by atoms with E-state index in [4.69, 9.17) is 0 Å². The number of hydrogen-bond donors (Lipinski definition) is 1. The predicted octanol–water partition coefficient (Wildman–Crippen LogP) is 2.77. The van der Waals surface area contributed by atoms with Crippen molar-refractivity contribution < 1.29 is 18.0 Å². The van der Waals surface area contributed by atoms with Crippen LogP contribution in [0.25, 0.3) is 22.1 Å². The first-order valence-corrected chi connectivity index (χ1v) is 7.85. The summed E-state index contributed by atoms with van der Waals surface area (Å²) in [7, 11) is 0. The molecule has 1 aliphatic heterocycles. The monoisotopic (exact) mass is 349 g/mol. The molecule has 6 nitrogen and oxygen atoms in total. The Morgan fingerprint density at radius 2 is 2.16 bits per heavy atom. The number of carbonyl (C=O) groups is 1. The highest BCUT2D eigenvalue weighted by atomic mass is 19.4. The molecule has 4 rings (SSSR count). The first kappa shape index (κ1) is 15.8. The second kappa shape index (κ2) is 5.68. The van der Waals surface area contributed by atoms with E-state index < -0.39 is 18.5 Å². The van der Waals surface area contributed by atoms with Gasteiger partial charge in [0, 0.05) is 42.2 Å². The van der Waals surface area contributed by atoms with Gasteiger partial charge in [0.25, 0.3) is 0 Å². The van der Waals surface area contributed by atoms with E-state index >= 15 is 0 Å². The Morgan fingerprint density at radius 3 is 2.96 bits per heavy atom. The molecular formula is C16H14F3N5O. The van der Waals surface area contributed by atoms with E-state index in [9.17, 15) is 18.0 Å². The summed E-state index contributed by atoms with van der Waals surface area (Å²) in [5.41, 5.74) is 2.06. The number of nitrogens with zero attached hydrogens (tertiary/aromatic N) is 4. The zero-order valence-electron chi connectivity index (χ0n) is 13.0. The molecule has 3 aromatic rings. The van der Waals surface area contributed by atoms with Crippen LogP contribution in [0.15, 0.2) is 24.5 Å². The van der Waals surface area contributed by atoms with Gasteiger partial charge in [-0.1, -0.05) is 0 Å². The fraction of sp³-hybridized carbons (Fsp3) is 0.375. The van der Waals surface area contributed by atoms with Crippen molar-refractivity contribution in [3.05, 3.63) is 30.1 Å². The minimum absolute atomic E-state index is 0.0509. The van der Waals surface area contributed by atoms with E-state index in [1.165, 1.54) is 4.90 Å². The van der Waals surface area contributed by atoms with E-state index in [0.29, 0.717) is 24.3 Å². The second-order valence-corrected chi connectivity index (χ2v) is 6.16. The lowest BCUT2D eigenvalue weighted by atomic mass is 9.95. The van der Waals surface area contributed by atoms with Crippen molar-refractivity contribution in [3.8, 4) is 0 Å². The fourth-order valence-corrected chi connectivity index (χ4v) is 3.42. The van der Waals surface area contributed by atoms with Crippen LogP contribution in [0.1, 0.15) is 24.3 Å². The first-order valence-electron chi connectivity index (χ1n) is 7.85. The molecule has 4 heterocycles. The van der Waals surface area contributed by atoms with Gasteiger partial charge in [0.1, 0.15) is 6.42 Å². The molecule has 0 saturated carbocycles. The second-order valence-electron chi connectivity index (χ2n) is 6.16. The number of pyridine rings is 1. The number of halogens is 3. The number of aromatic nitrogens is 4. The van der Waals surface area contributed by atoms with Crippen LogP contribution in [0.3, 0.4) is 0 Å². The predicted molar refractivity (Wildman–Crippen MR) is 83.8 cm³/mol. The third-order valence-electron chi connectivity index (χ3n) is 4.53. The molecule has 0 spiro atoms. The average molecular weight is 349 g/mol. The molecule has 0 aliphatic carbocycles. The number of likely N-dealkylation sites (tertiary alicyclic amines) is 1. The lowest BCUT2D eigenvalue weighted by molar-refractivity contribution is -0.160. The zero-order chi connectivity index (χ0) is 17.6. The summed E-state index contributed by atoms with van der Waals surface area (Å²) in [5.74, 6) is -0.926. The molecular weight excluding hydrogens is 335 g/mol. The van der Waals surface area contributed by atoms with Gasteiger partial charge in [-0.3, -0.25) is 4.79 Å². The smallest absolute Gasteiger partial charge is 0.345 e. The Hall–Kier alpha value is -2.71. The van der Waals surface area contributed by atoms with Gasteiger partial charge in [0.05, 0.1) is 0 Å². The van der Waals surface area contributed by atoms with Crippen LogP contribution in [-0.4, -0.2) is 50.2 Å². The number of aromatic amines is 1. The van der Waals surface area contributed by atoms with Crippen LogP contribution in [0.5, 0.6) is 0 Å². The van der Waals surface area contributed by atoms with E-state index in [2.05, 4.69) is 20.2 Å². The Morgan fingerprint density at radius 1 is 1.32 bits per heavy atom. The van der Waals surface area contributed by atoms with Crippen molar-refractivity contribution in [3.63, 3.8) is 0 Å². The molecule has 0 bridgehead atoms. The SMILES string of the molecule is O=C(CC(F)(F)F)N1CCC(c2ccnc3nnc4[nH]ccc4c23)C1. The fourth-order valence-electron chi connectivity index (χ4n) is 3.42. The first-order chi connectivity index (χ1) is 11.9. The van der Waals surface area contributed by atoms with Crippen LogP contribution in [0.2, 0.25) is 0 Å². The molecule has 1 atom stereocenters. The van der Waals surface area contributed by atoms with Crippen molar-refractivity contribution in [1.29, 1.82) is 0 Å². The van der Waals surface area contributed by atoms with Crippen LogP contribution >= 0.6 is 0 Å². The van der Waals surface area contributed by atoms with E-state index in [0.717, 1.165) is 16.3 Å². The Labute approximate surface area is 140 Å². The summed E-state index contributed by atoms with van der Waals surface area (Å²) in [6.45, 7) is 0.584. The molecule has 9 heteroatoms. The van der Waals surface area contributed by atoms with E-state index in [1.54, 1.807) is 12.4 Å². The molecule has 3 aromatic heterocycles. The van der Waals surface area contributed by atoms with Gasteiger partial charge in [0.2, 0.25) is 5.91 Å². The van der Waals surface area contributed by atoms with Crippen molar-refractivity contribution in [1.82, 2.24) is 25.1 Å². The van der Waals surface area contributed by atoms with Crippen molar-refractivity contribution in [2.24, 2.45) is 0 Å². The zero-order valence-corrected chi connectivity index (χ0v) is 13.0. The number of amides is 1. The van der Waals surface area contributed by atoms with Gasteiger partial charge in [-0.25, -0.2) is 4.98 Å². The molecule has 1 saturated heterocycles. The maximum Gasteiger partial charge on any atom is 0.397 e. The summed E-state index contributed by atoms with van der Waals surface area (Å²) >= 11 is 0. The van der Waals surface area contributed by atoms with Crippen LogP contribution < -0.4 is 0 Å². The van der Waals surface area contributed by atoms with Crippen LogP contribution in [0, 0.1) is 0 Å². The highest BCUT2D eigenvalue weighted by Crippen LogP contribution is 2.35.